The number of ketones is 2. The standard InChI is InChI=1S/C19H18O4/c1-4(20)23-19-15-13-11-8(17(15)21)5-2-3-6-7(5)10(11)12-9(6)18(22)16(19)14(12)13/h2-3,5-16,19H,1H3/t5-,6+,7?,8-,9+,10?,11+,12-,13-,14-,15-,16-,19?/m0/s1. The van der Waals surface area contributed by atoms with Crippen molar-refractivity contribution < 1.29 is 19.1 Å². The van der Waals surface area contributed by atoms with Crippen LogP contribution < -0.4 is 0 Å². The summed E-state index contributed by atoms with van der Waals surface area (Å²) in [6.45, 7) is 1.40. The summed E-state index contributed by atoms with van der Waals surface area (Å²) in [4.78, 5) is 38.1. The smallest absolute Gasteiger partial charge is 0.302 e. The third-order valence-corrected chi connectivity index (χ3v) is 8.92. The molecule has 0 amide bonds. The number of esters is 1. The first-order valence-electron chi connectivity index (χ1n) is 9.04. The van der Waals surface area contributed by atoms with Gasteiger partial charge in [0.15, 0.2) is 0 Å². The van der Waals surface area contributed by atoms with E-state index in [1.807, 2.05) is 0 Å². The Morgan fingerprint density at radius 2 is 1.26 bits per heavy atom. The van der Waals surface area contributed by atoms with E-state index in [4.69, 9.17) is 4.74 Å². The summed E-state index contributed by atoms with van der Waals surface area (Å²) in [6, 6.07) is 0. The van der Waals surface area contributed by atoms with E-state index in [1.54, 1.807) is 0 Å². The van der Waals surface area contributed by atoms with Gasteiger partial charge in [-0.1, -0.05) is 12.2 Å². The average Bonchev–Trinajstić information content (AvgIpc) is 3.20. The normalized spacial score (nSPS) is 67.1. The predicted molar refractivity (Wildman–Crippen MR) is 76.6 cm³/mol. The highest BCUT2D eigenvalue weighted by Gasteiger charge is 2.85. The second-order valence-electron chi connectivity index (χ2n) is 8.99. The summed E-state index contributed by atoms with van der Waals surface area (Å²) in [5.74, 6) is 3.70. The highest BCUT2D eigenvalue weighted by atomic mass is 16.5. The van der Waals surface area contributed by atoms with E-state index >= 15 is 0 Å². The van der Waals surface area contributed by atoms with E-state index in [0.29, 0.717) is 58.9 Å². The Hall–Kier alpha value is -1.45. The minimum absolute atomic E-state index is 0.155. The Morgan fingerprint density at radius 3 is 1.74 bits per heavy atom. The van der Waals surface area contributed by atoms with Crippen LogP contribution in [0.15, 0.2) is 12.2 Å². The molecule has 0 aliphatic heterocycles. The zero-order valence-electron chi connectivity index (χ0n) is 12.8. The van der Waals surface area contributed by atoms with Crippen molar-refractivity contribution in [2.24, 2.45) is 71.0 Å². The van der Waals surface area contributed by atoms with Gasteiger partial charge in [-0.3, -0.25) is 14.4 Å². The van der Waals surface area contributed by atoms with Gasteiger partial charge in [-0.2, -0.15) is 0 Å². The molecule has 7 rings (SSSR count). The number of carbonyl (C=O) groups is 3. The van der Waals surface area contributed by atoms with Gasteiger partial charge in [0, 0.05) is 18.8 Å². The summed E-state index contributed by atoms with van der Waals surface area (Å²) in [7, 11) is 0. The van der Waals surface area contributed by atoms with Gasteiger partial charge < -0.3 is 4.74 Å². The molecule has 4 heteroatoms. The lowest BCUT2D eigenvalue weighted by Gasteiger charge is -2.28. The van der Waals surface area contributed by atoms with Crippen molar-refractivity contribution in [2.75, 3.05) is 0 Å². The molecule has 0 aromatic heterocycles. The van der Waals surface area contributed by atoms with Crippen molar-refractivity contribution in [3.8, 4) is 0 Å². The van der Waals surface area contributed by atoms with Crippen LogP contribution in [0.3, 0.4) is 0 Å². The molecular weight excluding hydrogens is 292 g/mol. The molecule has 7 aliphatic carbocycles. The minimum Gasteiger partial charge on any atom is -0.461 e. The number of hydrogen-bond acceptors (Lipinski definition) is 4. The molecule has 0 saturated heterocycles. The van der Waals surface area contributed by atoms with Crippen molar-refractivity contribution in [2.45, 2.75) is 13.0 Å². The maximum atomic E-state index is 13.2. The first kappa shape index (κ1) is 12.0. The second kappa shape index (κ2) is 3.20. The van der Waals surface area contributed by atoms with E-state index in [1.165, 1.54) is 6.92 Å². The lowest BCUT2D eigenvalue weighted by Crippen LogP contribution is -2.39. The fourth-order valence-corrected chi connectivity index (χ4v) is 9.13. The molecular formula is C19H18O4. The first-order valence-corrected chi connectivity index (χ1v) is 9.04. The van der Waals surface area contributed by atoms with Crippen LogP contribution in [0.5, 0.6) is 0 Å². The minimum atomic E-state index is -0.461. The maximum Gasteiger partial charge on any atom is 0.302 e. The quantitative estimate of drug-likeness (QED) is 0.537. The fraction of sp³-hybridized carbons (Fsp3) is 0.737. The van der Waals surface area contributed by atoms with Crippen LogP contribution in [0.2, 0.25) is 0 Å². The number of fused-ring (bicyclic) bond motifs is 2. The number of ether oxygens (including phenoxy) is 1. The van der Waals surface area contributed by atoms with E-state index in [0.717, 1.165) is 0 Å². The molecule has 13 atom stereocenters. The number of rotatable bonds is 1. The summed E-state index contributed by atoms with van der Waals surface area (Å²) in [5, 5.41) is 0. The SMILES string of the molecule is CC(=O)OC1[C@@H]2C(=O)[C@H]3[C@H]4C5C6[C@H]3C=C[C@@H]6[C@@H]3C(=O)[C@@H]1[C@@H]([C@@H]53)[C@H]42. The molecule has 7 aliphatic rings. The fourth-order valence-electron chi connectivity index (χ4n) is 9.13. The summed E-state index contributed by atoms with van der Waals surface area (Å²) < 4.78 is 5.61. The van der Waals surface area contributed by atoms with Crippen LogP contribution in [0, 0.1) is 71.0 Å². The molecule has 0 spiro atoms. The number of hydrogen-bond donors (Lipinski definition) is 0. The highest BCUT2D eigenvalue weighted by Crippen LogP contribution is 2.82. The number of allylic oxidation sites excluding steroid dienone is 2. The largest absolute Gasteiger partial charge is 0.461 e. The van der Waals surface area contributed by atoms with E-state index in [9.17, 15) is 14.4 Å². The number of Topliss-reactive ketones (excluding diaryl/α,β-unsaturated/α-hetero) is 2. The third kappa shape index (κ3) is 0.923. The Morgan fingerprint density at radius 1 is 0.783 bits per heavy atom. The summed E-state index contributed by atoms with van der Waals surface area (Å²) in [6.07, 6.45) is 4.05. The van der Waals surface area contributed by atoms with Gasteiger partial charge in [0.2, 0.25) is 0 Å². The lowest BCUT2D eigenvalue weighted by atomic mass is 9.78. The van der Waals surface area contributed by atoms with Gasteiger partial charge in [0.1, 0.15) is 17.7 Å². The predicted octanol–water partition coefficient (Wildman–Crippen LogP) is 1.10. The second-order valence-corrected chi connectivity index (χ2v) is 8.99. The van der Waals surface area contributed by atoms with Crippen molar-refractivity contribution in [3.63, 3.8) is 0 Å². The van der Waals surface area contributed by atoms with Gasteiger partial charge in [0.05, 0.1) is 11.8 Å². The Balaban J connectivity index is 1.50. The molecule has 0 N–H and O–H groups in total. The molecule has 0 radical (unpaired) electrons. The van der Waals surface area contributed by atoms with Crippen molar-refractivity contribution in [3.05, 3.63) is 12.2 Å². The third-order valence-electron chi connectivity index (χ3n) is 8.92. The first-order chi connectivity index (χ1) is 11.1. The van der Waals surface area contributed by atoms with Crippen molar-refractivity contribution >= 4 is 17.5 Å². The van der Waals surface area contributed by atoms with E-state index < -0.39 is 6.10 Å². The van der Waals surface area contributed by atoms with Gasteiger partial charge in [-0.25, -0.2) is 0 Å². The van der Waals surface area contributed by atoms with Crippen LogP contribution in [0.1, 0.15) is 6.92 Å². The Bertz CT molecular complexity index is 700. The topological polar surface area (TPSA) is 60.4 Å². The van der Waals surface area contributed by atoms with Gasteiger partial charge in [0.25, 0.3) is 0 Å². The summed E-state index contributed by atoms with van der Waals surface area (Å²) in [5.41, 5.74) is 0. The maximum absolute atomic E-state index is 13.2. The molecule has 0 heterocycles. The van der Waals surface area contributed by atoms with Crippen LogP contribution in [0.4, 0.5) is 0 Å². The van der Waals surface area contributed by atoms with Crippen LogP contribution >= 0.6 is 0 Å². The molecule has 6 fully saturated rings. The lowest BCUT2D eigenvalue weighted by molar-refractivity contribution is -0.154. The molecule has 3 unspecified atom stereocenters. The monoisotopic (exact) mass is 310 g/mol. The Labute approximate surface area is 133 Å². The molecule has 23 heavy (non-hydrogen) atoms. The molecule has 4 nitrogen and oxygen atoms in total. The summed E-state index contributed by atoms with van der Waals surface area (Å²) >= 11 is 0. The number of carbonyl (C=O) groups excluding carboxylic acids is 3. The molecule has 0 aromatic carbocycles. The van der Waals surface area contributed by atoms with Crippen LogP contribution in [0.25, 0.3) is 0 Å². The molecule has 118 valence electrons. The Kier molecular flexibility index (Phi) is 1.67. The zero-order valence-corrected chi connectivity index (χ0v) is 12.8. The average molecular weight is 310 g/mol. The molecule has 0 bridgehead atoms. The van der Waals surface area contributed by atoms with Crippen LogP contribution in [-0.2, 0) is 19.1 Å². The van der Waals surface area contributed by atoms with E-state index in [2.05, 4.69) is 12.2 Å². The van der Waals surface area contributed by atoms with Gasteiger partial charge in [-0.15, -0.1) is 0 Å². The van der Waals surface area contributed by atoms with E-state index in [-0.39, 0.29) is 29.6 Å². The van der Waals surface area contributed by atoms with Crippen LogP contribution in [-0.4, -0.2) is 23.6 Å². The van der Waals surface area contributed by atoms with Gasteiger partial charge in [-0.05, 0) is 47.3 Å². The van der Waals surface area contributed by atoms with Crippen molar-refractivity contribution in [1.82, 2.24) is 0 Å². The zero-order chi connectivity index (χ0) is 15.4. The highest BCUT2D eigenvalue weighted by molar-refractivity contribution is 5.96. The van der Waals surface area contributed by atoms with Crippen molar-refractivity contribution in [1.29, 1.82) is 0 Å². The van der Waals surface area contributed by atoms with Gasteiger partial charge >= 0.3 is 5.97 Å². The molecule has 6 saturated carbocycles. The molecule has 0 aromatic rings.